The van der Waals surface area contributed by atoms with E-state index in [4.69, 9.17) is 15.2 Å². The molecule has 2 aromatic heterocycles. The third kappa shape index (κ3) is 6.18. The number of aromatic carboxylic acids is 2. The summed E-state index contributed by atoms with van der Waals surface area (Å²) in [6.07, 6.45) is -0.531. The molecule has 13 nitrogen and oxygen atoms in total. The first-order chi connectivity index (χ1) is 25.2. The lowest BCUT2D eigenvalue weighted by Crippen LogP contribution is -2.38. The number of aromatic nitrogens is 4. The third-order valence-electron chi connectivity index (χ3n) is 9.48. The molecule has 0 saturated carbocycles. The molecular weight excluding hydrogens is 664 g/mol. The molecule has 3 heterocycles. The first-order valence-corrected chi connectivity index (χ1v) is 16.5. The fraction of sp³-hybridized carbons (Fsp3) is 0.179. The number of hydrogen-bond donors (Lipinski definition) is 4. The highest BCUT2D eigenvalue weighted by Crippen LogP contribution is 2.57. The Labute approximate surface area is 297 Å². The molecule has 0 aliphatic carbocycles. The molecule has 0 unspecified atom stereocenters. The summed E-state index contributed by atoms with van der Waals surface area (Å²) >= 11 is 0. The first-order valence-electron chi connectivity index (χ1n) is 16.5. The molecule has 4 aromatic carbocycles. The van der Waals surface area contributed by atoms with Crippen molar-refractivity contribution in [1.82, 2.24) is 19.5 Å². The van der Waals surface area contributed by atoms with Gasteiger partial charge in [-0.2, -0.15) is 9.97 Å². The Kier molecular flexibility index (Phi) is 9.09. The Balaban J connectivity index is 1.41. The van der Waals surface area contributed by atoms with Gasteiger partial charge in [0.1, 0.15) is 18.9 Å². The lowest BCUT2D eigenvalue weighted by Gasteiger charge is -2.38. The summed E-state index contributed by atoms with van der Waals surface area (Å²) in [5.41, 5.74) is 7.61. The highest BCUT2D eigenvalue weighted by molar-refractivity contribution is 5.92. The van der Waals surface area contributed by atoms with Crippen LogP contribution in [-0.4, -0.2) is 60.4 Å². The molecule has 0 amide bonds. The number of carboxylic acids is 2. The predicted molar refractivity (Wildman–Crippen MR) is 191 cm³/mol. The zero-order valence-electron chi connectivity index (χ0n) is 27.9. The van der Waals surface area contributed by atoms with Crippen LogP contribution in [0, 0.1) is 0 Å². The topological polar surface area (TPSA) is 192 Å². The van der Waals surface area contributed by atoms with Crippen LogP contribution in [0.5, 0.6) is 0 Å². The van der Waals surface area contributed by atoms with E-state index in [1.54, 1.807) is 71.3 Å². The summed E-state index contributed by atoms with van der Waals surface area (Å²) in [5.74, 6) is -3.52. The van der Waals surface area contributed by atoms with Crippen molar-refractivity contribution in [3.05, 3.63) is 149 Å². The lowest BCUT2D eigenvalue weighted by atomic mass is 9.65. The van der Waals surface area contributed by atoms with Crippen molar-refractivity contribution < 1.29 is 34.1 Å². The van der Waals surface area contributed by atoms with Gasteiger partial charge in [-0.1, -0.05) is 91.9 Å². The van der Waals surface area contributed by atoms with Crippen molar-refractivity contribution in [3.63, 3.8) is 0 Å². The standard InChI is InChI=1S/C39H34N6O7/c1-39(28-19-11-10-18-27(28)35(48)49)30(25-16-8-9-17-26(25)34(46)47)29(21-51-36(50)24-14-6-3-7-15-24)52-37(39)45-22-42-31-32(43-38(40)44-33(31)45)41-20-23-12-4-2-5-13-23/h2-19,22,29-30,37H,20-21H2,1H3,(H,46,47)(H,48,49)(H3,40,41,43,44)/t29-,30-,37+,39-/m0/s1. The fourth-order valence-electron chi connectivity index (χ4n) is 7.17. The van der Waals surface area contributed by atoms with Gasteiger partial charge in [0.2, 0.25) is 5.95 Å². The van der Waals surface area contributed by atoms with Gasteiger partial charge in [-0.3, -0.25) is 4.57 Å². The van der Waals surface area contributed by atoms with Gasteiger partial charge < -0.3 is 30.7 Å². The summed E-state index contributed by atoms with van der Waals surface area (Å²) in [4.78, 5) is 52.4. The second-order valence-electron chi connectivity index (χ2n) is 12.6. The van der Waals surface area contributed by atoms with E-state index in [-0.39, 0.29) is 23.7 Å². The maximum atomic E-state index is 13.2. The van der Waals surface area contributed by atoms with Gasteiger partial charge in [0, 0.05) is 17.9 Å². The highest BCUT2D eigenvalue weighted by Gasteiger charge is 2.58. The Morgan fingerprint density at radius 2 is 1.50 bits per heavy atom. The van der Waals surface area contributed by atoms with Crippen LogP contribution in [0.2, 0.25) is 0 Å². The van der Waals surface area contributed by atoms with Gasteiger partial charge in [-0.25, -0.2) is 19.4 Å². The smallest absolute Gasteiger partial charge is 0.338 e. The largest absolute Gasteiger partial charge is 0.478 e. The molecule has 1 fully saturated rings. The molecule has 262 valence electrons. The minimum atomic E-state index is -1.34. The quantitative estimate of drug-likeness (QED) is 0.117. The summed E-state index contributed by atoms with van der Waals surface area (Å²) in [6, 6.07) is 31.1. The molecule has 1 aliphatic rings. The zero-order valence-corrected chi connectivity index (χ0v) is 27.9. The van der Waals surface area contributed by atoms with E-state index in [9.17, 15) is 24.6 Å². The average Bonchev–Trinajstić information content (AvgIpc) is 3.71. The Morgan fingerprint density at radius 1 is 0.865 bits per heavy atom. The van der Waals surface area contributed by atoms with E-state index in [0.717, 1.165) is 5.56 Å². The average molecular weight is 699 g/mol. The minimum absolute atomic E-state index is 0.00961. The lowest BCUT2D eigenvalue weighted by molar-refractivity contribution is -0.0432. The van der Waals surface area contributed by atoms with Gasteiger partial charge in [0.15, 0.2) is 17.0 Å². The van der Waals surface area contributed by atoms with Crippen molar-refractivity contribution in [1.29, 1.82) is 0 Å². The first kappa shape index (κ1) is 33.9. The predicted octanol–water partition coefficient (Wildman–Crippen LogP) is 5.91. The molecule has 0 bridgehead atoms. The molecule has 4 atom stereocenters. The van der Waals surface area contributed by atoms with Crippen LogP contribution in [0.4, 0.5) is 11.8 Å². The second-order valence-corrected chi connectivity index (χ2v) is 12.6. The van der Waals surface area contributed by atoms with Gasteiger partial charge >= 0.3 is 17.9 Å². The van der Waals surface area contributed by atoms with Crippen molar-refractivity contribution in [2.24, 2.45) is 0 Å². The van der Waals surface area contributed by atoms with Crippen molar-refractivity contribution >= 4 is 40.8 Å². The number of carboxylic acid groups (broad SMARTS) is 2. The van der Waals surface area contributed by atoms with Gasteiger partial charge in [-0.15, -0.1) is 0 Å². The van der Waals surface area contributed by atoms with Gasteiger partial charge in [0.05, 0.1) is 23.0 Å². The number of carbonyl (C=O) groups is 3. The molecular formula is C39H34N6O7. The number of anilines is 2. The number of fused-ring (bicyclic) bond motifs is 1. The van der Waals surface area contributed by atoms with Gasteiger partial charge in [0.25, 0.3) is 0 Å². The zero-order chi connectivity index (χ0) is 36.4. The molecule has 52 heavy (non-hydrogen) atoms. The summed E-state index contributed by atoms with van der Waals surface area (Å²) in [6.45, 7) is 1.94. The fourth-order valence-corrected chi connectivity index (χ4v) is 7.17. The molecule has 1 aliphatic heterocycles. The summed E-state index contributed by atoms with van der Waals surface area (Å²) in [5, 5.41) is 24.1. The van der Waals surface area contributed by atoms with E-state index in [1.165, 1.54) is 18.5 Å². The Bertz CT molecular complexity index is 2280. The molecule has 6 aromatic rings. The van der Waals surface area contributed by atoms with E-state index in [1.807, 2.05) is 37.3 Å². The van der Waals surface area contributed by atoms with Crippen molar-refractivity contribution in [2.75, 3.05) is 17.7 Å². The van der Waals surface area contributed by atoms with Gasteiger partial charge in [-0.05, 0) is 41.0 Å². The number of nitrogen functional groups attached to an aromatic ring is 1. The van der Waals surface area contributed by atoms with Crippen LogP contribution < -0.4 is 11.1 Å². The number of hydrogen-bond acceptors (Lipinski definition) is 10. The number of benzene rings is 4. The number of nitrogens with zero attached hydrogens (tertiary/aromatic N) is 4. The summed E-state index contributed by atoms with van der Waals surface area (Å²) < 4.78 is 14.3. The van der Waals surface area contributed by atoms with Crippen LogP contribution in [0.25, 0.3) is 11.2 Å². The van der Waals surface area contributed by atoms with Crippen molar-refractivity contribution in [2.45, 2.75) is 37.1 Å². The van der Waals surface area contributed by atoms with E-state index in [0.29, 0.717) is 40.2 Å². The number of rotatable bonds is 11. The monoisotopic (exact) mass is 698 g/mol. The third-order valence-corrected chi connectivity index (χ3v) is 9.48. The van der Waals surface area contributed by atoms with E-state index < -0.39 is 41.6 Å². The Hall–Kier alpha value is -6.60. The van der Waals surface area contributed by atoms with Crippen LogP contribution in [0.3, 0.4) is 0 Å². The van der Waals surface area contributed by atoms with Crippen LogP contribution in [-0.2, 0) is 21.4 Å². The molecule has 0 spiro atoms. The van der Waals surface area contributed by atoms with Crippen LogP contribution in [0.1, 0.15) is 66.8 Å². The van der Waals surface area contributed by atoms with Crippen molar-refractivity contribution in [3.8, 4) is 0 Å². The molecule has 1 saturated heterocycles. The van der Waals surface area contributed by atoms with Crippen LogP contribution >= 0.6 is 0 Å². The highest BCUT2D eigenvalue weighted by atomic mass is 16.6. The maximum absolute atomic E-state index is 13.2. The molecule has 13 heteroatoms. The number of carbonyl (C=O) groups excluding carboxylic acids is 1. The number of esters is 1. The molecule has 7 rings (SSSR count). The SMILES string of the molecule is C[C@]1(c2ccccc2C(=O)O)[C@@H](c2ccccc2C(=O)O)[C@H](COC(=O)c2ccccc2)O[C@H]1n1cnc2c(NCc3ccccc3)nc(N)nc21. The second kappa shape index (κ2) is 14.0. The van der Waals surface area contributed by atoms with E-state index >= 15 is 0 Å². The minimum Gasteiger partial charge on any atom is -0.478 e. The number of imidazole rings is 1. The number of nitrogens with two attached hydrogens (primary N) is 1. The van der Waals surface area contributed by atoms with Crippen LogP contribution in [0.15, 0.2) is 116 Å². The van der Waals surface area contributed by atoms with E-state index in [2.05, 4.69) is 20.3 Å². The molecule has 5 N–H and O–H groups in total. The Morgan fingerprint density at radius 3 is 2.21 bits per heavy atom. The molecule has 0 radical (unpaired) electrons. The number of nitrogens with one attached hydrogen (secondary N) is 1. The number of ether oxygens (including phenoxy) is 2. The maximum Gasteiger partial charge on any atom is 0.338 e. The normalized spacial score (nSPS) is 19.7. The summed E-state index contributed by atoms with van der Waals surface area (Å²) in [7, 11) is 0.